The molecule has 0 saturated carbocycles. The van der Waals surface area contributed by atoms with Crippen LogP contribution in [0, 0.1) is 5.82 Å². The van der Waals surface area contributed by atoms with Crippen molar-refractivity contribution in [3.05, 3.63) is 77.4 Å². The average molecular weight is 439 g/mol. The molecule has 2 aromatic carbocycles. The highest BCUT2D eigenvalue weighted by Crippen LogP contribution is 2.30. The van der Waals surface area contributed by atoms with E-state index in [0.29, 0.717) is 17.4 Å². The number of nitrogens with zero attached hydrogens (tertiary/aromatic N) is 2. The fourth-order valence-corrected chi connectivity index (χ4v) is 3.41. The maximum absolute atomic E-state index is 13.1. The summed E-state index contributed by atoms with van der Waals surface area (Å²) in [4.78, 5) is 16.4. The molecule has 158 valence electrons. The molecule has 3 rings (SSSR count). The van der Waals surface area contributed by atoms with E-state index in [1.165, 1.54) is 24.3 Å². The minimum absolute atomic E-state index is 0.0354. The van der Waals surface area contributed by atoms with Gasteiger partial charge < -0.3 is 15.0 Å². The van der Waals surface area contributed by atoms with E-state index < -0.39 is 17.6 Å². The van der Waals surface area contributed by atoms with Crippen LogP contribution in [0.25, 0.3) is 0 Å². The Balaban J connectivity index is 1.62. The molecule has 30 heavy (non-hydrogen) atoms. The first-order chi connectivity index (χ1) is 14.2. The molecule has 2 N–H and O–H groups in total. The highest BCUT2D eigenvalue weighted by Gasteiger charge is 2.30. The highest BCUT2D eigenvalue weighted by atomic mass is 32.2. The summed E-state index contributed by atoms with van der Waals surface area (Å²) < 4.78 is 52.6. The quantitative estimate of drug-likeness (QED) is 0.425. The molecule has 5 nitrogen and oxygen atoms in total. The summed E-state index contributed by atoms with van der Waals surface area (Å²) in [6, 6.07) is 10.1. The molecule has 1 amide bonds. The first-order valence-corrected chi connectivity index (χ1v) is 9.74. The lowest BCUT2D eigenvalue weighted by Gasteiger charge is -2.09. The monoisotopic (exact) mass is 439 g/mol. The lowest BCUT2D eigenvalue weighted by atomic mass is 10.2. The van der Waals surface area contributed by atoms with Gasteiger partial charge in [0.25, 0.3) is 0 Å². The molecule has 0 unspecified atom stereocenters. The second kappa shape index (κ2) is 9.31. The van der Waals surface area contributed by atoms with Crippen LogP contribution in [0.1, 0.15) is 16.8 Å². The molecule has 0 atom stereocenters. The Morgan fingerprint density at radius 2 is 1.77 bits per heavy atom. The summed E-state index contributed by atoms with van der Waals surface area (Å²) in [5, 5.41) is 12.3. The van der Waals surface area contributed by atoms with Crippen molar-refractivity contribution in [2.45, 2.75) is 24.5 Å². The SMILES string of the molecule is O=C(CSc1nc(CO)cn1Cc1ccc(F)cc1)Nc1ccc(C(F)(F)F)cc1. The summed E-state index contributed by atoms with van der Waals surface area (Å²) in [6.07, 6.45) is -2.80. The summed E-state index contributed by atoms with van der Waals surface area (Å²) in [7, 11) is 0. The second-order valence-corrected chi connectivity index (χ2v) is 7.28. The number of thioether (sulfide) groups is 1. The van der Waals surface area contributed by atoms with Gasteiger partial charge in [0, 0.05) is 18.4 Å². The van der Waals surface area contributed by atoms with Crippen LogP contribution in [0.15, 0.2) is 59.9 Å². The molecule has 0 aliphatic rings. The molecule has 0 saturated heterocycles. The number of aliphatic hydroxyl groups is 1. The number of carbonyl (C=O) groups is 1. The summed E-state index contributed by atoms with van der Waals surface area (Å²) in [6.45, 7) is 0.0951. The van der Waals surface area contributed by atoms with E-state index in [1.807, 2.05) is 0 Å². The van der Waals surface area contributed by atoms with E-state index in [0.717, 1.165) is 29.5 Å². The van der Waals surface area contributed by atoms with E-state index in [2.05, 4.69) is 10.3 Å². The molecule has 0 radical (unpaired) electrons. The van der Waals surface area contributed by atoms with Crippen LogP contribution >= 0.6 is 11.8 Å². The number of alkyl halides is 3. The van der Waals surface area contributed by atoms with Crippen molar-refractivity contribution in [3.63, 3.8) is 0 Å². The number of benzene rings is 2. The number of aliphatic hydroxyl groups excluding tert-OH is 1. The maximum atomic E-state index is 13.1. The number of carbonyl (C=O) groups excluding carboxylic acids is 1. The largest absolute Gasteiger partial charge is 0.416 e. The predicted octanol–water partition coefficient (Wildman–Crippen LogP) is 4.31. The number of halogens is 4. The molecule has 0 aliphatic carbocycles. The number of nitrogens with one attached hydrogen (secondary N) is 1. The van der Waals surface area contributed by atoms with Crippen LogP contribution in [0.3, 0.4) is 0 Å². The Hall–Kier alpha value is -2.85. The third kappa shape index (κ3) is 5.83. The minimum atomic E-state index is -4.44. The number of amides is 1. The van der Waals surface area contributed by atoms with Gasteiger partial charge in [-0.3, -0.25) is 4.79 Å². The normalized spacial score (nSPS) is 11.5. The molecule has 1 heterocycles. The maximum Gasteiger partial charge on any atom is 0.416 e. The number of aromatic nitrogens is 2. The zero-order valence-electron chi connectivity index (χ0n) is 15.5. The van der Waals surface area contributed by atoms with Gasteiger partial charge in [0.1, 0.15) is 5.82 Å². The minimum Gasteiger partial charge on any atom is -0.390 e. The number of hydrogen-bond acceptors (Lipinski definition) is 4. The van der Waals surface area contributed by atoms with E-state index in [-0.39, 0.29) is 23.9 Å². The molecule has 0 spiro atoms. The van der Waals surface area contributed by atoms with Gasteiger partial charge in [-0.2, -0.15) is 13.2 Å². The number of imidazole rings is 1. The summed E-state index contributed by atoms with van der Waals surface area (Å²) >= 11 is 1.12. The standard InChI is InChI=1S/C20H17F4N3O2S/c21-15-5-1-13(2-6-15)9-27-10-17(11-28)26-19(27)30-12-18(29)25-16-7-3-14(4-8-16)20(22,23)24/h1-8,10,28H,9,11-12H2,(H,25,29). The summed E-state index contributed by atoms with van der Waals surface area (Å²) in [5.41, 5.74) is 0.686. The van der Waals surface area contributed by atoms with Crippen molar-refractivity contribution >= 4 is 23.4 Å². The highest BCUT2D eigenvalue weighted by molar-refractivity contribution is 7.99. The van der Waals surface area contributed by atoms with Crippen LogP contribution in [-0.4, -0.2) is 26.3 Å². The Labute approximate surface area is 173 Å². The van der Waals surface area contributed by atoms with Crippen molar-refractivity contribution in [1.29, 1.82) is 0 Å². The van der Waals surface area contributed by atoms with Gasteiger partial charge in [-0.05, 0) is 42.0 Å². The number of rotatable bonds is 7. The van der Waals surface area contributed by atoms with Crippen LogP contribution in [0.4, 0.5) is 23.2 Å². The van der Waals surface area contributed by atoms with Gasteiger partial charge in [-0.1, -0.05) is 23.9 Å². The topological polar surface area (TPSA) is 67.1 Å². The predicted molar refractivity (Wildman–Crippen MR) is 104 cm³/mol. The van der Waals surface area contributed by atoms with E-state index >= 15 is 0 Å². The van der Waals surface area contributed by atoms with Gasteiger partial charge in [0.15, 0.2) is 5.16 Å². The van der Waals surface area contributed by atoms with Crippen molar-refractivity contribution in [1.82, 2.24) is 9.55 Å². The molecule has 0 fully saturated rings. The van der Waals surface area contributed by atoms with E-state index in [1.54, 1.807) is 22.9 Å². The first kappa shape index (κ1) is 21.8. The van der Waals surface area contributed by atoms with Crippen LogP contribution in [0.5, 0.6) is 0 Å². The molecule has 10 heteroatoms. The van der Waals surface area contributed by atoms with E-state index in [9.17, 15) is 27.5 Å². The Bertz CT molecular complexity index is 1000. The fourth-order valence-electron chi connectivity index (χ4n) is 2.61. The lowest BCUT2D eigenvalue weighted by molar-refractivity contribution is -0.137. The van der Waals surface area contributed by atoms with Gasteiger partial charge in [-0.15, -0.1) is 0 Å². The molecular weight excluding hydrogens is 422 g/mol. The third-order valence-corrected chi connectivity index (χ3v) is 5.04. The molecule has 3 aromatic rings. The van der Waals surface area contributed by atoms with E-state index in [4.69, 9.17) is 0 Å². The van der Waals surface area contributed by atoms with Crippen molar-refractivity contribution in [2.24, 2.45) is 0 Å². The lowest BCUT2D eigenvalue weighted by Crippen LogP contribution is -2.15. The van der Waals surface area contributed by atoms with Crippen molar-refractivity contribution < 1.29 is 27.5 Å². The zero-order chi connectivity index (χ0) is 21.7. The Morgan fingerprint density at radius 3 is 2.37 bits per heavy atom. The molecular formula is C20H17F4N3O2S. The van der Waals surface area contributed by atoms with Gasteiger partial charge in [0.05, 0.1) is 23.6 Å². The van der Waals surface area contributed by atoms with Crippen molar-refractivity contribution in [3.8, 4) is 0 Å². The van der Waals surface area contributed by atoms with Crippen LogP contribution in [-0.2, 0) is 24.1 Å². The van der Waals surface area contributed by atoms with Crippen molar-refractivity contribution in [2.75, 3.05) is 11.1 Å². The van der Waals surface area contributed by atoms with Crippen LogP contribution in [0.2, 0.25) is 0 Å². The smallest absolute Gasteiger partial charge is 0.390 e. The third-order valence-electron chi connectivity index (χ3n) is 4.05. The van der Waals surface area contributed by atoms with Gasteiger partial charge in [0.2, 0.25) is 5.91 Å². The fraction of sp³-hybridized carbons (Fsp3) is 0.200. The van der Waals surface area contributed by atoms with Gasteiger partial charge >= 0.3 is 6.18 Å². The summed E-state index contributed by atoms with van der Waals surface area (Å²) in [5.74, 6) is -0.802. The molecule has 0 aliphatic heterocycles. The first-order valence-electron chi connectivity index (χ1n) is 8.76. The number of anilines is 1. The molecule has 1 aromatic heterocycles. The average Bonchev–Trinajstić information content (AvgIpc) is 3.10. The zero-order valence-corrected chi connectivity index (χ0v) is 16.3. The van der Waals surface area contributed by atoms with Crippen LogP contribution < -0.4 is 5.32 Å². The second-order valence-electron chi connectivity index (χ2n) is 6.34. The van der Waals surface area contributed by atoms with Gasteiger partial charge in [-0.25, -0.2) is 9.37 Å². The molecule has 0 bridgehead atoms. The number of hydrogen-bond donors (Lipinski definition) is 2. The Morgan fingerprint density at radius 1 is 1.10 bits per heavy atom. The Kier molecular flexibility index (Phi) is 6.78.